The SMILES string of the molecule is C=C(C)C.C=C/C=C(\C=C)N(c1ccc(N(/C(C=C)=C/C=C)c2cccc(CCOC(=O)C(=C)C)c2)cc1)c1cccc(CCOC=O)c1. The van der Waals surface area contributed by atoms with Gasteiger partial charge in [0.05, 0.1) is 13.2 Å². The number of allylic oxidation sites excluding steroid dienone is 7. The molecule has 49 heavy (non-hydrogen) atoms. The molecule has 3 aromatic carbocycles. The van der Waals surface area contributed by atoms with Gasteiger partial charge in [0.1, 0.15) is 0 Å². The Bertz CT molecular complexity index is 1690. The zero-order valence-corrected chi connectivity index (χ0v) is 29.1. The van der Waals surface area contributed by atoms with Gasteiger partial charge in [-0.15, -0.1) is 6.58 Å². The molecule has 0 atom stereocenters. The van der Waals surface area contributed by atoms with E-state index in [1.165, 1.54) is 5.57 Å². The highest BCUT2D eigenvalue weighted by molar-refractivity contribution is 5.87. The molecule has 6 heteroatoms. The fraction of sp³-hybridized carbons (Fsp3) is 0.163. The largest absolute Gasteiger partial charge is 0.468 e. The molecule has 0 aromatic heterocycles. The molecule has 3 rings (SSSR count). The lowest BCUT2D eigenvalue weighted by molar-refractivity contribution is -0.138. The Labute approximate surface area is 292 Å². The Morgan fingerprint density at radius 1 is 0.673 bits per heavy atom. The number of esters is 1. The molecule has 0 aliphatic rings. The molecule has 6 nitrogen and oxygen atoms in total. The zero-order valence-electron chi connectivity index (χ0n) is 29.1. The molecule has 0 aliphatic heterocycles. The van der Waals surface area contributed by atoms with Crippen LogP contribution in [0.2, 0.25) is 0 Å². The summed E-state index contributed by atoms with van der Waals surface area (Å²) in [6.45, 7) is 29.7. The van der Waals surface area contributed by atoms with Crippen molar-refractivity contribution in [2.75, 3.05) is 23.0 Å². The first-order chi connectivity index (χ1) is 23.6. The minimum atomic E-state index is -0.397. The van der Waals surface area contributed by atoms with Crippen molar-refractivity contribution < 1.29 is 19.1 Å². The van der Waals surface area contributed by atoms with Crippen LogP contribution >= 0.6 is 0 Å². The maximum Gasteiger partial charge on any atom is 0.333 e. The number of carbonyl (C=O) groups is 2. The summed E-state index contributed by atoms with van der Waals surface area (Å²) in [6.07, 6.45) is 12.0. The highest BCUT2D eigenvalue weighted by atomic mass is 16.5. The molecule has 0 saturated heterocycles. The van der Waals surface area contributed by atoms with Crippen LogP contribution in [0, 0.1) is 0 Å². The van der Waals surface area contributed by atoms with Crippen molar-refractivity contribution in [3.63, 3.8) is 0 Å². The number of hydrogen-bond acceptors (Lipinski definition) is 6. The summed E-state index contributed by atoms with van der Waals surface area (Å²) >= 11 is 0. The maximum atomic E-state index is 11.8. The molecule has 0 heterocycles. The van der Waals surface area contributed by atoms with Crippen LogP contribution in [0.15, 0.2) is 171 Å². The van der Waals surface area contributed by atoms with E-state index in [0.717, 1.165) is 45.3 Å². The van der Waals surface area contributed by atoms with Gasteiger partial charge in [0, 0.05) is 52.6 Å². The first-order valence-electron chi connectivity index (χ1n) is 15.9. The Hall–Kier alpha value is -5.88. The average molecular weight is 657 g/mol. The molecule has 0 bridgehead atoms. The second-order valence-electron chi connectivity index (χ2n) is 11.2. The van der Waals surface area contributed by atoms with Crippen molar-refractivity contribution in [1.29, 1.82) is 0 Å². The van der Waals surface area contributed by atoms with Crippen molar-refractivity contribution in [2.24, 2.45) is 0 Å². The van der Waals surface area contributed by atoms with E-state index in [9.17, 15) is 9.59 Å². The van der Waals surface area contributed by atoms with E-state index in [1.807, 2.05) is 86.7 Å². The van der Waals surface area contributed by atoms with E-state index in [0.29, 0.717) is 31.5 Å². The van der Waals surface area contributed by atoms with Crippen LogP contribution in [0.3, 0.4) is 0 Å². The monoisotopic (exact) mass is 656 g/mol. The van der Waals surface area contributed by atoms with Crippen LogP contribution in [-0.4, -0.2) is 25.7 Å². The van der Waals surface area contributed by atoms with Crippen LogP contribution in [0.25, 0.3) is 0 Å². The van der Waals surface area contributed by atoms with Crippen LogP contribution in [0.5, 0.6) is 0 Å². The number of carbonyl (C=O) groups excluding carboxylic acids is 2. The fourth-order valence-electron chi connectivity index (χ4n) is 4.67. The third-order valence-corrected chi connectivity index (χ3v) is 6.76. The third-order valence-electron chi connectivity index (χ3n) is 6.76. The smallest absolute Gasteiger partial charge is 0.333 e. The summed E-state index contributed by atoms with van der Waals surface area (Å²) in [5.41, 5.74) is 8.93. The van der Waals surface area contributed by atoms with Gasteiger partial charge in [0.2, 0.25) is 0 Å². The predicted molar refractivity (Wildman–Crippen MR) is 206 cm³/mol. The van der Waals surface area contributed by atoms with Crippen LogP contribution in [-0.2, 0) is 31.9 Å². The van der Waals surface area contributed by atoms with Gasteiger partial charge in [-0.2, -0.15) is 0 Å². The number of anilines is 4. The molecule has 0 saturated carbocycles. The maximum absolute atomic E-state index is 11.8. The average Bonchev–Trinajstić information content (AvgIpc) is 3.08. The first-order valence-corrected chi connectivity index (χ1v) is 15.9. The lowest BCUT2D eigenvalue weighted by Gasteiger charge is -2.29. The van der Waals surface area contributed by atoms with Crippen molar-refractivity contribution in [3.05, 3.63) is 182 Å². The van der Waals surface area contributed by atoms with Gasteiger partial charge in [-0.1, -0.05) is 74.9 Å². The normalized spacial score (nSPS) is 10.8. The Morgan fingerprint density at radius 3 is 1.47 bits per heavy atom. The Balaban J connectivity index is 0.00000197. The van der Waals surface area contributed by atoms with Crippen molar-refractivity contribution in [1.82, 2.24) is 0 Å². The third kappa shape index (κ3) is 12.7. The summed E-state index contributed by atoms with van der Waals surface area (Å²) in [6, 6.07) is 24.3. The number of benzene rings is 3. The second kappa shape index (κ2) is 21.1. The van der Waals surface area contributed by atoms with Crippen molar-refractivity contribution in [2.45, 2.75) is 33.6 Å². The van der Waals surface area contributed by atoms with Gasteiger partial charge >= 0.3 is 5.97 Å². The van der Waals surface area contributed by atoms with E-state index in [4.69, 9.17) is 9.47 Å². The zero-order chi connectivity index (χ0) is 36.2. The van der Waals surface area contributed by atoms with Crippen molar-refractivity contribution in [3.8, 4) is 0 Å². The fourth-order valence-corrected chi connectivity index (χ4v) is 4.67. The van der Waals surface area contributed by atoms with Crippen LogP contribution in [0.4, 0.5) is 22.7 Å². The lowest BCUT2D eigenvalue weighted by atomic mass is 10.1. The molecule has 0 amide bonds. The minimum Gasteiger partial charge on any atom is -0.468 e. The highest BCUT2D eigenvalue weighted by Gasteiger charge is 2.17. The second-order valence-corrected chi connectivity index (χ2v) is 11.2. The van der Waals surface area contributed by atoms with Gasteiger partial charge in [-0.3, -0.25) is 4.79 Å². The number of nitrogens with zero attached hydrogens (tertiary/aromatic N) is 2. The minimum absolute atomic E-state index is 0.256. The molecular formula is C43H48N2O4. The van der Waals surface area contributed by atoms with Crippen LogP contribution in [0.1, 0.15) is 31.9 Å². The molecular weight excluding hydrogens is 608 g/mol. The van der Waals surface area contributed by atoms with E-state index < -0.39 is 5.97 Å². The molecule has 0 unspecified atom stereocenters. The molecule has 3 aromatic rings. The summed E-state index contributed by atoms with van der Waals surface area (Å²) in [4.78, 5) is 26.6. The van der Waals surface area contributed by atoms with Gasteiger partial charge in [0.25, 0.3) is 6.47 Å². The van der Waals surface area contributed by atoms with E-state index in [1.54, 1.807) is 31.2 Å². The van der Waals surface area contributed by atoms with Gasteiger partial charge < -0.3 is 19.3 Å². The molecule has 254 valence electrons. The standard InChI is InChI=1S/C39H40N2O4.C4H8/c1-7-13-33(9-3)40(37-17-11-15-31(27-37)23-25-44-29-42)35-19-21-36(22-20-35)41(34(10-4)14-8-2)38-18-12-16-32(28-38)24-26-45-39(43)30(5)6;1-4(2)3/h7-22,27-29H,1-5,23-26H2,6H3;1H2,2-3H3/b33-13+,34-14+;. The van der Waals surface area contributed by atoms with E-state index in [2.05, 4.69) is 61.4 Å². The van der Waals surface area contributed by atoms with Crippen molar-refractivity contribution >= 4 is 35.2 Å². The van der Waals surface area contributed by atoms with E-state index >= 15 is 0 Å². The van der Waals surface area contributed by atoms with Gasteiger partial charge in [-0.05, 0) is 105 Å². The molecule has 0 radical (unpaired) electrons. The predicted octanol–water partition coefficient (Wildman–Crippen LogP) is 10.4. The number of ether oxygens (including phenoxy) is 2. The lowest BCUT2D eigenvalue weighted by Crippen LogP contribution is -2.17. The summed E-state index contributed by atoms with van der Waals surface area (Å²) in [5, 5.41) is 0. The highest BCUT2D eigenvalue weighted by Crippen LogP contribution is 2.36. The number of rotatable bonds is 18. The molecule has 0 spiro atoms. The summed E-state index contributed by atoms with van der Waals surface area (Å²) < 4.78 is 10.2. The Kier molecular flexibility index (Phi) is 16.9. The molecule has 0 N–H and O–H groups in total. The molecule has 0 aliphatic carbocycles. The number of hydrogen-bond donors (Lipinski definition) is 0. The summed E-state index contributed by atoms with van der Waals surface area (Å²) in [5.74, 6) is -0.397. The van der Waals surface area contributed by atoms with E-state index in [-0.39, 0.29) is 6.61 Å². The topological polar surface area (TPSA) is 59.1 Å². The molecule has 0 fully saturated rings. The van der Waals surface area contributed by atoms with Gasteiger partial charge in [0.15, 0.2) is 0 Å². The quantitative estimate of drug-likeness (QED) is 0.0339. The van der Waals surface area contributed by atoms with Crippen LogP contribution < -0.4 is 9.80 Å². The summed E-state index contributed by atoms with van der Waals surface area (Å²) in [7, 11) is 0. The first kappa shape index (κ1) is 39.3. The van der Waals surface area contributed by atoms with Gasteiger partial charge in [-0.25, -0.2) is 4.79 Å². The Morgan fingerprint density at radius 2 is 1.10 bits per heavy atom.